The van der Waals surface area contributed by atoms with Crippen LogP contribution in [0.25, 0.3) is 11.0 Å². The van der Waals surface area contributed by atoms with Crippen molar-refractivity contribution in [3.63, 3.8) is 0 Å². The van der Waals surface area contributed by atoms with E-state index in [1.165, 1.54) is 0 Å². The zero-order valence-electron chi connectivity index (χ0n) is 12.2. The van der Waals surface area contributed by atoms with Crippen molar-refractivity contribution in [3.8, 4) is 0 Å². The van der Waals surface area contributed by atoms with Gasteiger partial charge in [0.15, 0.2) is 14.6 Å². The van der Waals surface area contributed by atoms with Gasteiger partial charge in [0.05, 0.1) is 11.0 Å². The second-order valence-electron chi connectivity index (χ2n) is 5.57. The molecule has 0 spiro atoms. The van der Waals surface area contributed by atoms with E-state index in [0.29, 0.717) is 13.1 Å². The number of benzene rings is 1. The van der Waals surface area contributed by atoms with Crippen molar-refractivity contribution in [2.75, 3.05) is 24.7 Å². The number of anilines is 1. The maximum atomic E-state index is 12.6. The Morgan fingerprint density at radius 3 is 2.59 bits per heavy atom. The van der Waals surface area contributed by atoms with E-state index in [0.717, 1.165) is 17.3 Å². The van der Waals surface area contributed by atoms with Crippen LogP contribution in [0.15, 0.2) is 24.3 Å². The summed E-state index contributed by atoms with van der Waals surface area (Å²) in [6, 6.07) is 7.36. The number of fused-ring (bicyclic) bond motifs is 1. The molecule has 8 heteroatoms. The fourth-order valence-corrected chi connectivity index (χ4v) is 4.16. The van der Waals surface area contributed by atoms with E-state index in [-0.39, 0.29) is 18.8 Å². The number of aromatic amines is 1. The van der Waals surface area contributed by atoms with Crippen molar-refractivity contribution in [2.24, 2.45) is 0 Å². The Morgan fingerprint density at radius 1 is 1.27 bits per heavy atom. The Morgan fingerprint density at radius 2 is 1.95 bits per heavy atom. The molecule has 0 aliphatic carbocycles. The summed E-state index contributed by atoms with van der Waals surface area (Å²) in [5.41, 5.74) is 1.51. The molecule has 1 aliphatic heterocycles. The van der Waals surface area contributed by atoms with E-state index < -0.39 is 20.5 Å². The van der Waals surface area contributed by atoms with Crippen molar-refractivity contribution in [1.82, 2.24) is 15.3 Å². The molecule has 22 heavy (non-hydrogen) atoms. The van der Waals surface area contributed by atoms with Crippen LogP contribution in [0.3, 0.4) is 0 Å². The van der Waals surface area contributed by atoms with Crippen LogP contribution in [-0.4, -0.2) is 48.4 Å². The number of sulfone groups is 1. The molecule has 1 amide bonds. The smallest absolute Gasteiger partial charge is 0.248 e. The molecule has 0 bridgehead atoms. The molecule has 0 radical (unpaired) electrons. The summed E-state index contributed by atoms with van der Waals surface area (Å²) in [7, 11) is -3.53. The summed E-state index contributed by atoms with van der Waals surface area (Å²) in [5.74, 6) is -0.247. The molecule has 7 nitrogen and oxygen atoms in total. The lowest BCUT2D eigenvalue weighted by molar-refractivity contribution is -0.119. The Kier molecular flexibility index (Phi) is 3.65. The summed E-state index contributed by atoms with van der Waals surface area (Å²) in [6.07, 6.45) is 1.65. The van der Waals surface area contributed by atoms with E-state index in [1.807, 2.05) is 24.3 Å². The van der Waals surface area contributed by atoms with E-state index in [4.69, 9.17) is 0 Å². The van der Waals surface area contributed by atoms with Gasteiger partial charge in [-0.25, -0.2) is 13.4 Å². The van der Waals surface area contributed by atoms with Gasteiger partial charge >= 0.3 is 0 Å². The van der Waals surface area contributed by atoms with Gasteiger partial charge in [0.2, 0.25) is 11.9 Å². The van der Waals surface area contributed by atoms with E-state index in [2.05, 4.69) is 20.6 Å². The molecule has 2 aromatic rings. The molecule has 1 saturated heterocycles. The quantitative estimate of drug-likeness (QED) is 0.770. The predicted molar refractivity (Wildman–Crippen MR) is 84.4 cm³/mol. The van der Waals surface area contributed by atoms with E-state index >= 15 is 0 Å². The number of para-hydroxylation sites is 2. The predicted octanol–water partition coefficient (Wildman–Crippen LogP) is 0.668. The first-order chi connectivity index (χ1) is 10.4. The molecule has 2 heterocycles. The monoisotopic (exact) mass is 322 g/mol. The van der Waals surface area contributed by atoms with Crippen molar-refractivity contribution in [3.05, 3.63) is 24.3 Å². The van der Waals surface area contributed by atoms with E-state index in [1.54, 1.807) is 0 Å². The number of imidazole rings is 1. The summed E-state index contributed by atoms with van der Waals surface area (Å²) in [5, 5.41) is 5.72. The first-order valence-corrected chi connectivity index (χ1v) is 8.98. The molecule has 0 unspecified atom stereocenters. The number of hydrogen-bond donors (Lipinski definition) is 3. The average Bonchev–Trinajstić information content (AvgIpc) is 2.89. The van der Waals surface area contributed by atoms with Crippen LogP contribution in [-0.2, 0) is 14.6 Å². The highest BCUT2D eigenvalue weighted by Crippen LogP contribution is 2.29. The van der Waals surface area contributed by atoms with Crippen molar-refractivity contribution < 1.29 is 13.2 Å². The molecule has 0 saturated carbocycles. The Labute approximate surface area is 128 Å². The number of carbonyl (C=O) groups is 1. The average molecular weight is 322 g/mol. The van der Waals surface area contributed by atoms with Crippen molar-refractivity contribution >= 4 is 32.7 Å². The standard InChI is InChI=1S/C14H18N4O3S/c1-22(20,21)14(6-8-15-9-7-14)12(19)18-13-16-10-4-2-3-5-11(10)17-13/h2-5,15H,6-9H2,1H3,(H2,16,17,18,19). The maximum absolute atomic E-state index is 12.6. The van der Waals surface area contributed by atoms with Gasteiger partial charge in [0, 0.05) is 6.26 Å². The first kappa shape index (κ1) is 15.0. The van der Waals surface area contributed by atoms with Gasteiger partial charge in [0.1, 0.15) is 0 Å². The third-order valence-corrected chi connectivity index (χ3v) is 6.17. The maximum Gasteiger partial charge on any atom is 0.248 e. The molecule has 1 aromatic heterocycles. The van der Waals surface area contributed by atoms with Crippen LogP contribution in [0, 0.1) is 0 Å². The largest absolute Gasteiger partial charge is 0.324 e. The van der Waals surface area contributed by atoms with Crippen LogP contribution < -0.4 is 10.6 Å². The fourth-order valence-electron chi connectivity index (χ4n) is 2.83. The van der Waals surface area contributed by atoms with Gasteiger partial charge in [-0.05, 0) is 38.1 Å². The van der Waals surface area contributed by atoms with Crippen molar-refractivity contribution in [2.45, 2.75) is 17.6 Å². The Balaban J connectivity index is 1.91. The van der Waals surface area contributed by atoms with Crippen molar-refractivity contribution in [1.29, 1.82) is 0 Å². The summed E-state index contributed by atoms with van der Waals surface area (Å²) in [6.45, 7) is 1.00. The zero-order chi connectivity index (χ0) is 15.8. The highest BCUT2D eigenvalue weighted by Gasteiger charge is 2.48. The summed E-state index contributed by atoms with van der Waals surface area (Å²) < 4.78 is 23.0. The number of H-pyrrole nitrogens is 1. The molecule has 1 fully saturated rings. The minimum Gasteiger partial charge on any atom is -0.324 e. The number of rotatable bonds is 3. The van der Waals surface area contributed by atoms with Gasteiger partial charge in [-0.3, -0.25) is 10.1 Å². The number of piperidine rings is 1. The van der Waals surface area contributed by atoms with Crippen LogP contribution in [0.2, 0.25) is 0 Å². The molecule has 1 aliphatic rings. The normalized spacial score (nSPS) is 18.2. The first-order valence-electron chi connectivity index (χ1n) is 7.09. The second kappa shape index (κ2) is 5.36. The number of nitrogens with one attached hydrogen (secondary N) is 3. The summed E-state index contributed by atoms with van der Waals surface area (Å²) in [4.78, 5) is 19.9. The van der Waals surface area contributed by atoms with Gasteiger partial charge in [0.25, 0.3) is 0 Å². The van der Waals surface area contributed by atoms with Crippen LogP contribution in [0.5, 0.6) is 0 Å². The van der Waals surface area contributed by atoms with Gasteiger partial charge in [-0.1, -0.05) is 12.1 Å². The summed E-state index contributed by atoms with van der Waals surface area (Å²) >= 11 is 0. The molecule has 1 aromatic carbocycles. The minimum atomic E-state index is -3.53. The zero-order valence-corrected chi connectivity index (χ0v) is 13.0. The minimum absolute atomic E-state index is 0.262. The highest BCUT2D eigenvalue weighted by atomic mass is 32.2. The molecule has 3 N–H and O–H groups in total. The van der Waals surface area contributed by atoms with Crippen LogP contribution >= 0.6 is 0 Å². The molecular formula is C14H18N4O3S. The third-order valence-electron chi connectivity index (χ3n) is 4.16. The molecule has 3 rings (SSSR count). The van der Waals surface area contributed by atoms with Gasteiger partial charge < -0.3 is 10.3 Å². The van der Waals surface area contributed by atoms with Crippen LogP contribution in [0.4, 0.5) is 5.95 Å². The van der Waals surface area contributed by atoms with E-state index in [9.17, 15) is 13.2 Å². The lowest BCUT2D eigenvalue weighted by Gasteiger charge is -2.33. The SMILES string of the molecule is CS(=O)(=O)C1(C(=O)Nc2nc3ccccc3[nH]2)CCNCC1. The van der Waals surface area contributed by atoms with Crippen LogP contribution in [0.1, 0.15) is 12.8 Å². The second-order valence-corrected chi connectivity index (χ2v) is 7.90. The number of nitrogens with zero attached hydrogens (tertiary/aromatic N) is 1. The highest BCUT2D eigenvalue weighted by molar-refractivity contribution is 7.92. The number of carbonyl (C=O) groups excluding carboxylic acids is 1. The third kappa shape index (κ3) is 2.48. The number of aromatic nitrogens is 2. The lowest BCUT2D eigenvalue weighted by atomic mass is 9.96. The Hall–Kier alpha value is -1.93. The topological polar surface area (TPSA) is 104 Å². The lowest BCUT2D eigenvalue weighted by Crippen LogP contribution is -2.55. The van der Waals surface area contributed by atoms with Gasteiger partial charge in [-0.2, -0.15) is 0 Å². The molecule has 0 atom stereocenters. The Bertz CT molecular complexity index is 773. The number of amides is 1. The van der Waals surface area contributed by atoms with Gasteiger partial charge in [-0.15, -0.1) is 0 Å². The fraction of sp³-hybridized carbons (Fsp3) is 0.429. The molecule has 118 valence electrons. The number of hydrogen-bond acceptors (Lipinski definition) is 5. The molecular weight excluding hydrogens is 304 g/mol.